The summed E-state index contributed by atoms with van der Waals surface area (Å²) in [5, 5.41) is 1.24. The van der Waals surface area contributed by atoms with Crippen molar-refractivity contribution < 1.29 is 12.8 Å². The van der Waals surface area contributed by atoms with E-state index in [2.05, 4.69) is 9.97 Å². The van der Waals surface area contributed by atoms with E-state index in [1.807, 2.05) is 4.90 Å². The molecule has 0 N–H and O–H groups in total. The lowest BCUT2D eigenvalue weighted by atomic mass is 10.1. The highest BCUT2D eigenvalue weighted by Gasteiger charge is 2.23. The van der Waals surface area contributed by atoms with Gasteiger partial charge in [-0.15, -0.1) is 0 Å². The molecule has 0 radical (unpaired) electrons. The molecule has 1 aliphatic heterocycles. The number of nitrogens with zero attached hydrogens (tertiary/aromatic N) is 3. The second-order valence-corrected chi connectivity index (χ2v) is 9.40. The minimum Gasteiger partial charge on any atom is -0.422 e. The zero-order chi connectivity index (χ0) is 20.1. The lowest BCUT2D eigenvalue weighted by molar-refractivity contribution is 0.239. The third kappa shape index (κ3) is 3.65. The zero-order valence-electron chi connectivity index (χ0n) is 14.8. The molecule has 10 heteroatoms. The van der Waals surface area contributed by atoms with Crippen LogP contribution in [0.4, 0.5) is 0 Å². The third-order valence-electron chi connectivity index (χ3n) is 4.60. The Morgan fingerprint density at radius 1 is 1.29 bits per heavy atom. The van der Waals surface area contributed by atoms with Crippen molar-refractivity contribution in [1.29, 1.82) is 0 Å². The van der Waals surface area contributed by atoms with E-state index in [-0.39, 0.29) is 11.7 Å². The summed E-state index contributed by atoms with van der Waals surface area (Å²) in [6, 6.07) is 4.91. The molecule has 0 aliphatic carbocycles. The molecule has 3 heterocycles. The maximum Gasteiger partial charge on any atom is 0.342 e. The molecule has 4 rings (SSSR count). The summed E-state index contributed by atoms with van der Waals surface area (Å²) < 4.78 is 28.6. The summed E-state index contributed by atoms with van der Waals surface area (Å²) >= 11 is 12.5. The Bertz CT molecular complexity index is 1260. The van der Waals surface area contributed by atoms with E-state index in [9.17, 15) is 13.2 Å². The minimum absolute atomic E-state index is 0.171. The van der Waals surface area contributed by atoms with Gasteiger partial charge in [0.15, 0.2) is 0 Å². The van der Waals surface area contributed by atoms with Crippen molar-refractivity contribution in [2.24, 2.45) is 0 Å². The van der Waals surface area contributed by atoms with Gasteiger partial charge in [-0.3, -0.25) is 4.90 Å². The average molecular weight is 440 g/mol. The molecule has 0 saturated heterocycles. The van der Waals surface area contributed by atoms with E-state index in [1.54, 1.807) is 18.2 Å². The average Bonchev–Trinajstić information content (AvgIpc) is 2.64. The Balaban J connectivity index is 1.64. The van der Waals surface area contributed by atoms with Crippen molar-refractivity contribution in [3.8, 4) is 0 Å². The second-order valence-electron chi connectivity index (χ2n) is 6.68. The van der Waals surface area contributed by atoms with Gasteiger partial charge in [0, 0.05) is 54.5 Å². The van der Waals surface area contributed by atoms with Crippen LogP contribution in [0.5, 0.6) is 0 Å². The molecule has 2 aromatic heterocycles. The Labute approximate surface area is 170 Å². The maximum absolute atomic E-state index is 12.4. The molecule has 0 atom stereocenters. The van der Waals surface area contributed by atoms with Gasteiger partial charge in [0.1, 0.15) is 5.58 Å². The van der Waals surface area contributed by atoms with Gasteiger partial charge in [0.25, 0.3) is 0 Å². The van der Waals surface area contributed by atoms with Gasteiger partial charge in [-0.2, -0.15) is 0 Å². The molecule has 0 bridgehead atoms. The number of hydrogen-bond donors (Lipinski definition) is 0. The predicted octanol–water partition coefficient (Wildman–Crippen LogP) is 2.85. The van der Waals surface area contributed by atoms with E-state index < -0.39 is 15.5 Å². The van der Waals surface area contributed by atoms with Gasteiger partial charge in [-0.25, -0.2) is 23.2 Å². The van der Waals surface area contributed by atoms with E-state index >= 15 is 0 Å². The van der Waals surface area contributed by atoms with Crippen LogP contribution in [-0.2, 0) is 29.3 Å². The molecule has 28 heavy (non-hydrogen) atoms. The van der Waals surface area contributed by atoms with Crippen molar-refractivity contribution in [3.05, 3.63) is 61.7 Å². The Morgan fingerprint density at radius 2 is 2.07 bits per heavy atom. The molecule has 0 amide bonds. The Hall–Kier alpha value is -2.00. The molecule has 1 aliphatic rings. The SMILES string of the molecule is CS(=O)(=O)c1ncc2c(n1)CCN(Cc1c(Cl)c3cc(Cl)ccc3oc1=O)C2. The van der Waals surface area contributed by atoms with Crippen LogP contribution in [0.2, 0.25) is 10.0 Å². The summed E-state index contributed by atoms with van der Waals surface area (Å²) in [5.74, 6) is 0. The first-order chi connectivity index (χ1) is 13.2. The summed E-state index contributed by atoms with van der Waals surface area (Å²) in [6.07, 6.45) is 3.15. The van der Waals surface area contributed by atoms with Crippen LogP contribution < -0.4 is 5.63 Å². The van der Waals surface area contributed by atoms with Crippen LogP contribution in [0.1, 0.15) is 16.8 Å². The van der Waals surface area contributed by atoms with Crippen molar-refractivity contribution >= 4 is 44.0 Å². The Morgan fingerprint density at radius 3 is 2.82 bits per heavy atom. The molecule has 1 aromatic carbocycles. The van der Waals surface area contributed by atoms with E-state index in [1.165, 1.54) is 6.20 Å². The highest BCUT2D eigenvalue weighted by molar-refractivity contribution is 7.90. The van der Waals surface area contributed by atoms with Crippen LogP contribution >= 0.6 is 23.2 Å². The molecular formula is C18H15Cl2N3O4S. The quantitative estimate of drug-likeness (QED) is 0.457. The fraction of sp³-hybridized carbons (Fsp3) is 0.278. The number of fused-ring (bicyclic) bond motifs is 2. The van der Waals surface area contributed by atoms with Gasteiger partial charge < -0.3 is 4.42 Å². The summed E-state index contributed by atoms with van der Waals surface area (Å²) in [5.41, 5.74) is 1.77. The van der Waals surface area contributed by atoms with Crippen molar-refractivity contribution in [2.45, 2.75) is 24.7 Å². The topological polar surface area (TPSA) is 93.4 Å². The molecule has 0 unspecified atom stereocenters. The van der Waals surface area contributed by atoms with Crippen molar-refractivity contribution in [2.75, 3.05) is 12.8 Å². The van der Waals surface area contributed by atoms with Crippen LogP contribution in [0, 0.1) is 0 Å². The monoisotopic (exact) mass is 439 g/mol. The van der Waals surface area contributed by atoms with Crippen molar-refractivity contribution in [1.82, 2.24) is 14.9 Å². The zero-order valence-corrected chi connectivity index (χ0v) is 17.1. The lowest BCUT2D eigenvalue weighted by Crippen LogP contribution is -2.33. The fourth-order valence-electron chi connectivity index (χ4n) is 3.20. The number of rotatable bonds is 3. The van der Waals surface area contributed by atoms with E-state index in [0.29, 0.717) is 51.8 Å². The van der Waals surface area contributed by atoms with Gasteiger partial charge in [-0.05, 0) is 18.2 Å². The number of halogens is 2. The predicted molar refractivity (Wildman–Crippen MR) is 105 cm³/mol. The molecule has 0 fully saturated rings. The number of benzene rings is 1. The van der Waals surface area contributed by atoms with E-state index in [0.717, 1.165) is 11.8 Å². The fourth-order valence-corrected chi connectivity index (χ4v) is 4.18. The number of aromatic nitrogens is 2. The van der Waals surface area contributed by atoms with Crippen LogP contribution in [0.15, 0.2) is 38.8 Å². The van der Waals surface area contributed by atoms with Crippen LogP contribution in [0.25, 0.3) is 11.0 Å². The standard InChI is InChI=1S/C18H15Cl2N3O4S/c1-28(25,26)18-21-7-10-8-23(5-4-14(10)22-18)9-13-16(20)12-6-11(19)2-3-15(12)27-17(13)24/h2-3,6-7H,4-5,8-9H2,1H3. The van der Waals surface area contributed by atoms with E-state index in [4.69, 9.17) is 27.6 Å². The molecular weight excluding hydrogens is 425 g/mol. The highest BCUT2D eigenvalue weighted by atomic mass is 35.5. The van der Waals surface area contributed by atoms with Gasteiger partial charge >= 0.3 is 5.63 Å². The third-order valence-corrected chi connectivity index (χ3v) is 6.12. The number of hydrogen-bond acceptors (Lipinski definition) is 7. The van der Waals surface area contributed by atoms with Gasteiger partial charge in [0.05, 0.1) is 16.3 Å². The first kappa shape index (κ1) is 19.3. The smallest absolute Gasteiger partial charge is 0.342 e. The van der Waals surface area contributed by atoms with Crippen LogP contribution in [0.3, 0.4) is 0 Å². The first-order valence-corrected chi connectivity index (χ1v) is 11.0. The molecule has 7 nitrogen and oxygen atoms in total. The molecule has 146 valence electrons. The summed E-state index contributed by atoms with van der Waals surface area (Å²) in [4.78, 5) is 22.5. The Kier molecular flexibility index (Phi) is 4.91. The maximum atomic E-state index is 12.4. The molecule has 3 aromatic rings. The molecule has 0 spiro atoms. The van der Waals surface area contributed by atoms with Gasteiger partial charge in [0.2, 0.25) is 15.0 Å². The lowest BCUT2D eigenvalue weighted by Gasteiger charge is -2.27. The van der Waals surface area contributed by atoms with Crippen molar-refractivity contribution in [3.63, 3.8) is 0 Å². The van der Waals surface area contributed by atoms with Crippen LogP contribution in [-0.4, -0.2) is 36.1 Å². The largest absolute Gasteiger partial charge is 0.422 e. The number of sulfone groups is 1. The minimum atomic E-state index is -3.45. The summed E-state index contributed by atoms with van der Waals surface area (Å²) in [7, 11) is -3.45. The first-order valence-electron chi connectivity index (χ1n) is 8.40. The van der Waals surface area contributed by atoms with Gasteiger partial charge in [-0.1, -0.05) is 23.2 Å². The normalized spacial score (nSPS) is 15.0. The second kappa shape index (κ2) is 7.11. The molecule has 0 saturated carbocycles. The summed E-state index contributed by atoms with van der Waals surface area (Å²) in [6.45, 7) is 1.36. The highest BCUT2D eigenvalue weighted by Crippen LogP contribution is 2.29.